The van der Waals surface area contributed by atoms with Gasteiger partial charge in [0.15, 0.2) is 0 Å². The van der Waals surface area contributed by atoms with Crippen molar-refractivity contribution >= 4 is 5.91 Å². The molecule has 17 heavy (non-hydrogen) atoms. The Labute approximate surface area is 105 Å². The van der Waals surface area contributed by atoms with E-state index in [2.05, 4.69) is 17.6 Å². The lowest BCUT2D eigenvalue weighted by atomic mass is 9.98. The fourth-order valence-corrected chi connectivity index (χ4v) is 3.21. The van der Waals surface area contributed by atoms with Gasteiger partial charge in [-0.3, -0.25) is 4.79 Å². The first-order chi connectivity index (χ1) is 8.25. The van der Waals surface area contributed by atoms with Crippen LogP contribution >= 0.6 is 0 Å². The number of hydrogen-bond acceptors (Lipinski definition) is 2. The summed E-state index contributed by atoms with van der Waals surface area (Å²) in [5.41, 5.74) is 0. The van der Waals surface area contributed by atoms with E-state index in [1.165, 1.54) is 38.5 Å². The van der Waals surface area contributed by atoms with Crippen LogP contribution < -0.4 is 10.6 Å². The number of carbonyl (C=O) groups excluding carboxylic acids is 1. The molecule has 0 aromatic heterocycles. The van der Waals surface area contributed by atoms with Crippen LogP contribution in [0.3, 0.4) is 0 Å². The van der Waals surface area contributed by atoms with Crippen LogP contribution in [0.15, 0.2) is 0 Å². The van der Waals surface area contributed by atoms with E-state index in [0.717, 1.165) is 18.9 Å². The lowest BCUT2D eigenvalue weighted by molar-refractivity contribution is -0.122. The predicted molar refractivity (Wildman–Crippen MR) is 69.8 cm³/mol. The van der Waals surface area contributed by atoms with Gasteiger partial charge >= 0.3 is 0 Å². The summed E-state index contributed by atoms with van der Waals surface area (Å²) in [5, 5.41) is 6.62. The van der Waals surface area contributed by atoms with Crippen LogP contribution in [0.5, 0.6) is 0 Å². The van der Waals surface area contributed by atoms with Crippen molar-refractivity contribution in [2.75, 3.05) is 6.54 Å². The van der Waals surface area contributed by atoms with Crippen LogP contribution in [0.4, 0.5) is 0 Å². The Morgan fingerprint density at radius 2 is 1.94 bits per heavy atom. The van der Waals surface area contributed by atoms with Crippen molar-refractivity contribution in [1.82, 2.24) is 10.6 Å². The Morgan fingerprint density at radius 3 is 2.59 bits per heavy atom. The summed E-state index contributed by atoms with van der Waals surface area (Å²) in [6.07, 6.45) is 9.62. The molecule has 0 aromatic rings. The molecule has 2 N–H and O–H groups in total. The van der Waals surface area contributed by atoms with Gasteiger partial charge in [0.2, 0.25) is 5.91 Å². The molecule has 1 saturated carbocycles. The van der Waals surface area contributed by atoms with Crippen molar-refractivity contribution < 1.29 is 4.79 Å². The molecule has 1 aliphatic carbocycles. The SMILES string of the molecule is CC(NC(=O)CC1CCCCN1)C1CCCC1. The highest BCUT2D eigenvalue weighted by Crippen LogP contribution is 2.27. The summed E-state index contributed by atoms with van der Waals surface area (Å²) >= 11 is 0. The molecular weight excluding hydrogens is 212 g/mol. The quantitative estimate of drug-likeness (QED) is 0.788. The average molecular weight is 238 g/mol. The van der Waals surface area contributed by atoms with Crippen LogP contribution in [0.2, 0.25) is 0 Å². The molecule has 1 heterocycles. The number of piperidine rings is 1. The lowest BCUT2D eigenvalue weighted by Gasteiger charge is -2.25. The van der Waals surface area contributed by atoms with Gasteiger partial charge in [-0.25, -0.2) is 0 Å². The van der Waals surface area contributed by atoms with E-state index in [9.17, 15) is 4.79 Å². The second-order valence-corrected chi connectivity index (χ2v) is 5.75. The maximum atomic E-state index is 11.9. The van der Waals surface area contributed by atoms with Gasteiger partial charge in [-0.2, -0.15) is 0 Å². The molecule has 98 valence electrons. The standard InChI is InChI=1S/C14H26N2O/c1-11(12-6-2-3-7-12)16-14(17)10-13-8-4-5-9-15-13/h11-13,15H,2-10H2,1H3,(H,16,17). The third-order valence-electron chi connectivity index (χ3n) is 4.34. The van der Waals surface area contributed by atoms with Crippen molar-refractivity contribution in [3.05, 3.63) is 0 Å². The molecule has 0 radical (unpaired) electrons. The Balaban J connectivity index is 1.68. The van der Waals surface area contributed by atoms with E-state index in [4.69, 9.17) is 0 Å². The first kappa shape index (κ1) is 12.9. The predicted octanol–water partition coefficient (Wildman–Crippen LogP) is 2.21. The smallest absolute Gasteiger partial charge is 0.221 e. The Kier molecular flexibility index (Phi) is 4.84. The molecule has 2 unspecified atom stereocenters. The Bertz CT molecular complexity index is 243. The molecule has 2 atom stereocenters. The number of nitrogens with one attached hydrogen (secondary N) is 2. The molecule has 2 aliphatic rings. The van der Waals surface area contributed by atoms with Crippen molar-refractivity contribution in [2.45, 2.75) is 70.4 Å². The minimum atomic E-state index is 0.240. The van der Waals surface area contributed by atoms with Gasteiger partial charge < -0.3 is 10.6 Å². The van der Waals surface area contributed by atoms with E-state index >= 15 is 0 Å². The molecule has 0 aromatic carbocycles. The molecule has 0 spiro atoms. The van der Waals surface area contributed by atoms with E-state index in [1.54, 1.807) is 0 Å². The molecule has 2 rings (SSSR count). The normalized spacial score (nSPS) is 27.9. The summed E-state index contributed by atoms with van der Waals surface area (Å²) in [5.74, 6) is 0.960. The van der Waals surface area contributed by atoms with Crippen molar-refractivity contribution in [1.29, 1.82) is 0 Å². The zero-order valence-electron chi connectivity index (χ0n) is 11.0. The molecule has 3 heteroatoms. The maximum Gasteiger partial charge on any atom is 0.221 e. The zero-order valence-corrected chi connectivity index (χ0v) is 11.0. The minimum Gasteiger partial charge on any atom is -0.353 e. The topological polar surface area (TPSA) is 41.1 Å². The summed E-state index contributed by atoms with van der Waals surface area (Å²) in [6, 6.07) is 0.785. The summed E-state index contributed by atoms with van der Waals surface area (Å²) in [6.45, 7) is 3.25. The van der Waals surface area contributed by atoms with Gasteiger partial charge in [0.05, 0.1) is 0 Å². The first-order valence-corrected chi connectivity index (χ1v) is 7.28. The summed E-state index contributed by atoms with van der Waals surface area (Å²) < 4.78 is 0. The number of hydrogen-bond donors (Lipinski definition) is 2. The third-order valence-corrected chi connectivity index (χ3v) is 4.34. The second-order valence-electron chi connectivity index (χ2n) is 5.75. The van der Waals surface area contributed by atoms with Crippen molar-refractivity contribution in [3.8, 4) is 0 Å². The van der Waals surface area contributed by atoms with Gasteiger partial charge in [0, 0.05) is 18.5 Å². The highest BCUT2D eigenvalue weighted by molar-refractivity contribution is 5.76. The summed E-state index contributed by atoms with van der Waals surface area (Å²) in [4.78, 5) is 11.9. The van der Waals surface area contributed by atoms with E-state index < -0.39 is 0 Å². The van der Waals surface area contributed by atoms with Crippen LogP contribution in [-0.2, 0) is 4.79 Å². The monoisotopic (exact) mass is 238 g/mol. The highest BCUT2D eigenvalue weighted by Gasteiger charge is 2.24. The molecule has 3 nitrogen and oxygen atoms in total. The Morgan fingerprint density at radius 1 is 1.24 bits per heavy atom. The molecule has 1 saturated heterocycles. The molecular formula is C14H26N2O. The molecule has 2 fully saturated rings. The Hall–Kier alpha value is -0.570. The van der Waals surface area contributed by atoms with Crippen molar-refractivity contribution in [2.24, 2.45) is 5.92 Å². The number of carbonyl (C=O) groups is 1. The maximum absolute atomic E-state index is 11.9. The minimum absolute atomic E-state index is 0.240. The van der Waals surface area contributed by atoms with E-state index in [0.29, 0.717) is 18.5 Å². The summed E-state index contributed by atoms with van der Waals surface area (Å²) in [7, 11) is 0. The van der Waals surface area contributed by atoms with Gasteiger partial charge in [0.25, 0.3) is 0 Å². The van der Waals surface area contributed by atoms with Gasteiger partial charge in [-0.05, 0) is 45.1 Å². The van der Waals surface area contributed by atoms with Gasteiger partial charge in [-0.1, -0.05) is 19.3 Å². The lowest BCUT2D eigenvalue weighted by Crippen LogP contribution is -2.42. The molecule has 0 bridgehead atoms. The second kappa shape index (κ2) is 6.39. The largest absolute Gasteiger partial charge is 0.353 e. The van der Waals surface area contributed by atoms with E-state index in [-0.39, 0.29) is 5.91 Å². The van der Waals surface area contributed by atoms with Crippen LogP contribution in [0.1, 0.15) is 58.3 Å². The number of rotatable bonds is 4. The van der Waals surface area contributed by atoms with Gasteiger partial charge in [0.1, 0.15) is 0 Å². The molecule has 1 amide bonds. The van der Waals surface area contributed by atoms with Crippen molar-refractivity contribution in [3.63, 3.8) is 0 Å². The molecule has 1 aliphatic heterocycles. The zero-order chi connectivity index (χ0) is 12.1. The number of amides is 1. The first-order valence-electron chi connectivity index (χ1n) is 7.28. The van der Waals surface area contributed by atoms with Crippen LogP contribution in [-0.4, -0.2) is 24.5 Å². The van der Waals surface area contributed by atoms with Crippen LogP contribution in [0, 0.1) is 5.92 Å². The van der Waals surface area contributed by atoms with Crippen LogP contribution in [0.25, 0.3) is 0 Å². The van der Waals surface area contributed by atoms with Gasteiger partial charge in [-0.15, -0.1) is 0 Å². The third kappa shape index (κ3) is 3.98. The highest BCUT2D eigenvalue weighted by atomic mass is 16.1. The average Bonchev–Trinajstić information content (AvgIpc) is 2.83. The fourth-order valence-electron chi connectivity index (χ4n) is 3.21. The fraction of sp³-hybridized carbons (Fsp3) is 0.929. The van der Waals surface area contributed by atoms with E-state index in [1.807, 2.05) is 0 Å².